The van der Waals surface area contributed by atoms with Crippen LogP contribution in [0.2, 0.25) is 0 Å². The molecule has 1 amide bonds. The van der Waals surface area contributed by atoms with Crippen molar-refractivity contribution in [2.24, 2.45) is 0 Å². The zero-order valence-corrected chi connectivity index (χ0v) is 15.3. The summed E-state index contributed by atoms with van der Waals surface area (Å²) in [5.41, 5.74) is 1.44. The van der Waals surface area contributed by atoms with Gasteiger partial charge in [-0.1, -0.05) is 30.3 Å². The molecular formula is C19H28N2O2S. The van der Waals surface area contributed by atoms with E-state index in [2.05, 4.69) is 40.5 Å². The van der Waals surface area contributed by atoms with Crippen molar-refractivity contribution in [3.63, 3.8) is 0 Å². The smallest absolute Gasteiger partial charge is 0.230 e. The lowest BCUT2D eigenvalue weighted by Crippen LogP contribution is -2.45. The molecule has 0 aromatic heterocycles. The Morgan fingerprint density at radius 3 is 2.75 bits per heavy atom. The average molecular weight is 349 g/mol. The Morgan fingerprint density at radius 1 is 1.29 bits per heavy atom. The molecule has 1 unspecified atom stereocenters. The van der Waals surface area contributed by atoms with Crippen molar-refractivity contribution in [2.75, 3.05) is 31.6 Å². The molecule has 0 radical (unpaired) electrons. The summed E-state index contributed by atoms with van der Waals surface area (Å²) in [6.07, 6.45) is 6.55. The maximum Gasteiger partial charge on any atom is 0.230 e. The van der Waals surface area contributed by atoms with E-state index in [9.17, 15) is 4.79 Å². The van der Waals surface area contributed by atoms with E-state index >= 15 is 0 Å². The van der Waals surface area contributed by atoms with E-state index in [-0.39, 0.29) is 17.6 Å². The second kappa shape index (κ2) is 8.37. The fourth-order valence-electron chi connectivity index (χ4n) is 3.78. The van der Waals surface area contributed by atoms with E-state index in [0.29, 0.717) is 12.3 Å². The number of nitrogens with zero attached hydrogens (tertiary/aromatic N) is 1. The molecule has 132 valence electrons. The minimum atomic E-state index is 0.0576. The fourth-order valence-corrected chi connectivity index (χ4v) is 4.14. The van der Waals surface area contributed by atoms with Gasteiger partial charge in [-0.05, 0) is 37.5 Å². The molecule has 1 atom stereocenters. The third-order valence-electron chi connectivity index (χ3n) is 5.16. The zero-order valence-electron chi connectivity index (χ0n) is 14.5. The maximum absolute atomic E-state index is 11.6. The van der Waals surface area contributed by atoms with Gasteiger partial charge in [0.1, 0.15) is 0 Å². The molecule has 2 aliphatic heterocycles. The van der Waals surface area contributed by atoms with Gasteiger partial charge in [0.05, 0.1) is 17.5 Å². The molecule has 1 spiro atoms. The Bertz CT molecular complexity index is 529. The molecule has 2 heterocycles. The van der Waals surface area contributed by atoms with Crippen molar-refractivity contribution in [3.8, 4) is 0 Å². The van der Waals surface area contributed by atoms with Crippen LogP contribution in [0, 0.1) is 0 Å². The molecule has 2 fully saturated rings. The van der Waals surface area contributed by atoms with Crippen LogP contribution in [0.4, 0.5) is 0 Å². The van der Waals surface area contributed by atoms with E-state index in [1.165, 1.54) is 5.56 Å². The Labute approximate surface area is 149 Å². The lowest BCUT2D eigenvalue weighted by Gasteiger charge is -2.39. The number of hydrogen-bond donors (Lipinski definition) is 1. The molecule has 4 nitrogen and oxygen atoms in total. The summed E-state index contributed by atoms with van der Waals surface area (Å²) in [5, 5.41) is 2.99. The van der Waals surface area contributed by atoms with Crippen molar-refractivity contribution < 1.29 is 9.53 Å². The molecule has 2 aliphatic rings. The fraction of sp³-hybridized carbons (Fsp3) is 0.632. The predicted octanol–water partition coefficient (Wildman–Crippen LogP) is 2.68. The van der Waals surface area contributed by atoms with Crippen molar-refractivity contribution in [2.45, 2.75) is 43.9 Å². The van der Waals surface area contributed by atoms with E-state index < -0.39 is 0 Å². The number of likely N-dealkylation sites (tertiary alicyclic amines) is 1. The first-order valence-electron chi connectivity index (χ1n) is 8.89. The highest BCUT2D eigenvalue weighted by Gasteiger charge is 2.42. The Morgan fingerprint density at radius 2 is 2.04 bits per heavy atom. The molecule has 0 saturated carbocycles. The summed E-state index contributed by atoms with van der Waals surface area (Å²) in [6, 6.07) is 10.7. The SMILES string of the molecule is CSCC(=O)NCC1CCC2(CCN(Cc3ccccc3)CC2)O1. The van der Waals surface area contributed by atoms with Crippen LogP contribution in [0.15, 0.2) is 30.3 Å². The second-order valence-corrected chi connectivity index (χ2v) is 7.83. The summed E-state index contributed by atoms with van der Waals surface area (Å²) >= 11 is 1.56. The predicted molar refractivity (Wildman–Crippen MR) is 99.2 cm³/mol. The first kappa shape index (κ1) is 17.8. The van der Waals surface area contributed by atoms with E-state index in [0.717, 1.165) is 45.3 Å². The molecule has 0 bridgehead atoms. The van der Waals surface area contributed by atoms with Gasteiger partial charge in [-0.15, -0.1) is 0 Å². The van der Waals surface area contributed by atoms with Gasteiger partial charge in [-0.3, -0.25) is 9.69 Å². The van der Waals surface area contributed by atoms with E-state index in [4.69, 9.17) is 4.74 Å². The molecule has 2 saturated heterocycles. The summed E-state index contributed by atoms with van der Waals surface area (Å²) in [4.78, 5) is 14.1. The maximum atomic E-state index is 11.6. The molecule has 1 N–H and O–H groups in total. The molecule has 24 heavy (non-hydrogen) atoms. The highest BCUT2D eigenvalue weighted by molar-refractivity contribution is 7.99. The number of ether oxygens (including phenoxy) is 1. The lowest BCUT2D eigenvalue weighted by molar-refractivity contribution is -0.120. The normalized spacial score (nSPS) is 23.5. The van der Waals surface area contributed by atoms with Crippen LogP contribution in [0.1, 0.15) is 31.2 Å². The lowest BCUT2D eigenvalue weighted by atomic mass is 9.88. The molecule has 1 aromatic rings. The quantitative estimate of drug-likeness (QED) is 0.858. The van der Waals surface area contributed by atoms with E-state index in [1.807, 2.05) is 6.26 Å². The van der Waals surface area contributed by atoms with Gasteiger partial charge < -0.3 is 10.1 Å². The highest BCUT2D eigenvalue weighted by Crippen LogP contribution is 2.38. The van der Waals surface area contributed by atoms with Gasteiger partial charge in [0.25, 0.3) is 0 Å². The number of carbonyl (C=O) groups is 1. The number of benzene rings is 1. The van der Waals surface area contributed by atoms with E-state index in [1.54, 1.807) is 11.8 Å². The van der Waals surface area contributed by atoms with Gasteiger partial charge in [0, 0.05) is 26.2 Å². The van der Waals surface area contributed by atoms with Crippen LogP contribution < -0.4 is 5.32 Å². The number of carbonyl (C=O) groups excluding carboxylic acids is 1. The summed E-state index contributed by atoms with van der Waals surface area (Å²) < 4.78 is 6.37. The summed E-state index contributed by atoms with van der Waals surface area (Å²) in [5.74, 6) is 0.650. The van der Waals surface area contributed by atoms with Crippen LogP contribution >= 0.6 is 11.8 Å². The van der Waals surface area contributed by atoms with Gasteiger partial charge >= 0.3 is 0 Å². The third-order valence-corrected chi connectivity index (χ3v) is 5.71. The first-order chi connectivity index (χ1) is 11.7. The molecule has 3 rings (SSSR count). The highest BCUT2D eigenvalue weighted by atomic mass is 32.2. The Kier molecular flexibility index (Phi) is 6.19. The second-order valence-electron chi connectivity index (χ2n) is 6.96. The Balaban J connectivity index is 1.42. The number of piperidine rings is 1. The number of rotatable bonds is 6. The molecule has 5 heteroatoms. The number of amides is 1. The third kappa shape index (κ3) is 4.74. The standard InChI is InChI=1S/C19H28N2O2S/c1-24-15-18(22)20-13-17-7-8-19(23-17)9-11-21(12-10-19)14-16-5-3-2-4-6-16/h2-6,17H,7-15H2,1H3,(H,20,22). The van der Waals surface area contributed by atoms with Crippen molar-refractivity contribution >= 4 is 17.7 Å². The minimum absolute atomic E-state index is 0.0576. The summed E-state index contributed by atoms with van der Waals surface area (Å²) in [7, 11) is 0. The monoisotopic (exact) mass is 348 g/mol. The Hall–Kier alpha value is -1.04. The number of thioether (sulfide) groups is 1. The van der Waals surface area contributed by atoms with Crippen LogP contribution in [0.3, 0.4) is 0 Å². The zero-order chi connectivity index (χ0) is 16.8. The number of nitrogens with one attached hydrogen (secondary N) is 1. The molecular weight excluding hydrogens is 320 g/mol. The topological polar surface area (TPSA) is 41.6 Å². The summed E-state index contributed by atoms with van der Waals surface area (Å²) in [6.45, 7) is 3.89. The number of hydrogen-bond acceptors (Lipinski definition) is 4. The average Bonchev–Trinajstić information content (AvgIpc) is 3.00. The first-order valence-corrected chi connectivity index (χ1v) is 10.3. The molecule has 0 aliphatic carbocycles. The van der Waals surface area contributed by atoms with Gasteiger partial charge in [-0.25, -0.2) is 0 Å². The van der Waals surface area contributed by atoms with Gasteiger partial charge in [0.2, 0.25) is 5.91 Å². The van der Waals surface area contributed by atoms with Crippen LogP contribution in [-0.2, 0) is 16.1 Å². The minimum Gasteiger partial charge on any atom is -0.370 e. The van der Waals surface area contributed by atoms with Crippen LogP contribution in [0.5, 0.6) is 0 Å². The van der Waals surface area contributed by atoms with Crippen molar-refractivity contribution in [1.82, 2.24) is 10.2 Å². The van der Waals surface area contributed by atoms with Gasteiger partial charge in [0.15, 0.2) is 0 Å². The van der Waals surface area contributed by atoms with Gasteiger partial charge in [-0.2, -0.15) is 11.8 Å². The van der Waals surface area contributed by atoms with Crippen molar-refractivity contribution in [1.29, 1.82) is 0 Å². The van der Waals surface area contributed by atoms with Crippen LogP contribution in [-0.4, -0.2) is 54.2 Å². The largest absolute Gasteiger partial charge is 0.370 e. The van der Waals surface area contributed by atoms with Crippen molar-refractivity contribution in [3.05, 3.63) is 35.9 Å². The molecule has 1 aromatic carbocycles. The van der Waals surface area contributed by atoms with Crippen LogP contribution in [0.25, 0.3) is 0 Å².